The quantitative estimate of drug-likeness (QED) is 0.617. The first-order chi connectivity index (χ1) is 8.22. The van der Waals surface area contributed by atoms with Crippen LogP contribution in [0.2, 0.25) is 0 Å². The molecule has 0 saturated carbocycles. The average molecular weight is 304 g/mol. The number of benzene rings is 1. The number of nitrogens with two attached hydrogens (primary N) is 1. The molecule has 0 fully saturated rings. The predicted molar refractivity (Wildman–Crippen MR) is 66.8 cm³/mol. The van der Waals surface area contributed by atoms with Gasteiger partial charge in [0, 0.05) is 11.4 Å². The van der Waals surface area contributed by atoms with Crippen molar-refractivity contribution in [1.82, 2.24) is 0 Å². The Morgan fingerprint density at radius 3 is 2.71 bits per heavy atom. The normalized spacial score (nSPS) is 9.94. The van der Waals surface area contributed by atoms with Gasteiger partial charge in [-0.05, 0) is 12.1 Å². The molecular formula is C11H14BrNO4. The van der Waals surface area contributed by atoms with Gasteiger partial charge in [0.25, 0.3) is 0 Å². The first-order valence-corrected chi connectivity index (χ1v) is 6.18. The van der Waals surface area contributed by atoms with Crippen molar-refractivity contribution in [2.24, 2.45) is 5.73 Å². The second-order valence-electron chi connectivity index (χ2n) is 3.05. The lowest BCUT2D eigenvalue weighted by molar-refractivity contribution is 0.112. The van der Waals surface area contributed by atoms with Crippen molar-refractivity contribution in [3.63, 3.8) is 0 Å². The van der Waals surface area contributed by atoms with Crippen LogP contribution in [-0.2, 0) is 4.74 Å². The molecule has 0 radical (unpaired) electrons. The van der Waals surface area contributed by atoms with Gasteiger partial charge in [0.05, 0.1) is 13.2 Å². The van der Waals surface area contributed by atoms with E-state index in [0.717, 1.165) is 5.33 Å². The molecular weight excluding hydrogens is 290 g/mol. The Balaban J connectivity index is 2.35. The van der Waals surface area contributed by atoms with Crippen molar-refractivity contribution in [3.8, 4) is 11.5 Å². The summed E-state index contributed by atoms with van der Waals surface area (Å²) in [6.45, 7) is 1.59. The van der Waals surface area contributed by atoms with Crippen molar-refractivity contribution >= 4 is 22.0 Å². The Morgan fingerprint density at radius 2 is 2.00 bits per heavy atom. The lowest BCUT2D eigenvalue weighted by Gasteiger charge is -2.07. The molecule has 1 amide bonds. The van der Waals surface area contributed by atoms with Gasteiger partial charge in [0.15, 0.2) is 0 Å². The van der Waals surface area contributed by atoms with E-state index in [0.29, 0.717) is 31.3 Å². The first-order valence-electron chi connectivity index (χ1n) is 5.06. The largest absolute Gasteiger partial charge is 0.491 e. The van der Waals surface area contributed by atoms with E-state index >= 15 is 0 Å². The van der Waals surface area contributed by atoms with E-state index in [-0.39, 0.29) is 0 Å². The molecule has 1 aromatic carbocycles. The van der Waals surface area contributed by atoms with Crippen LogP contribution in [0.15, 0.2) is 24.3 Å². The summed E-state index contributed by atoms with van der Waals surface area (Å²) in [5.41, 5.74) is 4.90. The van der Waals surface area contributed by atoms with Crippen LogP contribution in [0.25, 0.3) is 0 Å². The average Bonchev–Trinajstić information content (AvgIpc) is 2.28. The molecule has 0 bridgehead atoms. The van der Waals surface area contributed by atoms with E-state index in [1.165, 1.54) is 0 Å². The molecule has 0 spiro atoms. The summed E-state index contributed by atoms with van der Waals surface area (Å²) in [6.07, 6.45) is -0.845. The minimum absolute atomic E-state index is 0.358. The summed E-state index contributed by atoms with van der Waals surface area (Å²) in [4.78, 5) is 10.5. The van der Waals surface area contributed by atoms with E-state index in [2.05, 4.69) is 15.9 Å². The van der Waals surface area contributed by atoms with Gasteiger partial charge in [-0.15, -0.1) is 0 Å². The monoisotopic (exact) mass is 303 g/mol. The van der Waals surface area contributed by atoms with Gasteiger partial charge in [-0.3, -0.25) is 0 Å². The minimum atomic E-state index is -0.845. The number of carbonyl (C=O) groups excluding carboxylic acids is 1. The van der Waals surface area contributed by atoms with Crippen LogP contribution in [-0.4, -0.2) is 31.2 Å². The summed E-state index contributed by atoms with van der Waals surface area (Å²) in [5, 5.41) is 0.801. The molecule has 2 N–H and O–H groups in total. The molecule has 17 heavy (non-hydrogen) atoms. The lowest BCUT2D eigenvalue weighted by Crippen LogP contribution is -2.16. The molecule has 0 atom stereocenters. The minimum Gasteiger partial charge on any atom is -0.491 e. The third kappa shape index (κ3) is 6.13. The molecule has 0 unspecified atom stereocenters. The van der Waals surface area contributed by atoms with Gasteiger partial charge < -0.3 is 19.9 Å². The summed E-state index contributed by atoms with van der Waals surface area (Å²) in [5.74, 6) is 0.961. The van der Waals surface area contributed by atoms with Crippen molar-refractivity contribution in [2.75, 3.05) is 25.2 Å². The zero-order chi connectivity index (χ0) is 12.5. The van der Waals surface area contributed by atoms with Crippen molar-refractivity contribution in [1.29, 1.82) is 0 Å². The van der Waals surface area contributed by atoms with Crippen LogP contribution >= 0.6 is 15.9 Å². The van der Waals surface area contributed by atoms with Crippen LogP contribution in [0.4, 0.5) is 4.79 Å². The highest BCUT2D eigenvalue weighted by molar-refractivity contribution is 9.09. The van der Waals surface area contributed by atoms with Gasteiger partial charge in [0.2, 0.25) is 0 Å². The number of amides is 1. The number of alkyl halides is 1. The topological polar surface area (TPSA) is 70.8 Å². The highest BCUT2D eigenvalue weighted by atomic mass is 79.9. The third-order valence-corrected chi connectivity index (χ3v) is 2.07. The Bertz CT molecular complexity index is 359. The summed E-state index contributed by atoms with van der Waals surface area (Å²) >= 11 is 3.25. The molecule has 0 heterocycles. The molecule has 6 heteroatoms. The van der Waals surface area contributed by atoms with Gasteiger partial charge in [-0.1, -0.05) is 22.0 Å². The Labute approximate surface area is 108 Å². The number of halogens is 1. The maximum Gasteiger partial charge on any atom is 0.409 e. The molecule has 0 aromatic heterocycles. The van der Waals surface area contributed by atoms with Crippen molar-refractivity contribution < 1.29 is 19.0 Å². The number of primary amides is 1. The number of hydrogen-bond donors (Lipinski definition) is 1. The highest BCUT2D eigenvalue weighted by Crippen LogP contribution is 2.19. The molecule has 0 aliphatic carbocycles. The number of ether oxygens (including phenoxy) is 3. The fourth-order valence-electron chi connectivity index (χ4n) is 1.12. The standard InChI is InChI=1S/C11H14BrNO4/c12-4-5-15-6-7-16-9-2-1-3-10(8-9)17-11(13)14/h1-3,8H,4-7H2,(H2,13,14). The number of hydrogen-bond acceptors (Lipinski definition) is 4. The van der Waals surface area contributed by atoms with Gasteiger partial charge in [0.1, 0.15) is 18.1 Å². The highest BCUT2D eigenvalue weighted by Gasteiger charge is 2.00. The second-order valence-corrected chi connectivity index (χ2v) is 3.84. The van der Waals surface area contributed by atoms with E-state index in [9.17, 15) is 4.79 Å². The first kappa shape index (κ1) is 13.8. The van der Waals surface area contributed by atoms with Crippen LogP contribution in [0.1, 0.15) is 0 Å². The third-order valence-electron chi connectivity index (χ3n) is 1.74. The lowest BCUT2D eigenvalue weighted by atomic mass is 10.3. The predicted octanol–water partition coefficient (Wildman–Crippen LogP) is 1.93. The Morgan fingerprint density at radius 1 is 1.24 bits per heavy atom. The summed E-state index contributed by atoms with van der Waals surface area (Å²) < 4.78 is 15.3. The molecule has 0 aliphatic rings. The van der Waals surface area contributed by atoms with Gasteiger partial charge >= 0.3 is 6.09 Å². The van der Waals surface area contributed by atoms with Crippen LogP contribution < -0.4 is 15.2 Å². The molecule has 0 saturated heterocycles. The van der Waals surface area contributed by atoms with Gasteiger partial charge in [-0.2, -0.15) is 0 Å². The number of rotatable bonds is 7. The number of carbonyl (C=O) groups is 1. The van der Waals surface area contributed by atoms with Crippen molar-refractivity contribution in [2.45, 2.75) is 0 Å². The van der Waals surface area contributed by atoms with E-state index in [1.54, 1.807) is 24.3 Å². The van der Waals surface area contributed by atoms with Crippen LogP contribution in [0.5, 0.6) is 11.5 Å². The maximum atomic E-state index is 10.5. The molecule has 5 nitrogen and oxygen atoms in total. The van der Waals surface area contributed by atoms with E-state index in [4.69, 9.17) is 19.9 Å². The summed E-state index contributed by atoms with van der Waals surface area (Å²) in [6, 6.07) is 6.69. The Hall–Kier alpha value is -1.27. The van der Waals surface area contributed by atoms with E-state index < -0.39 is 6.09 Å². The molecule has 1 rings (SSSR count). The Kier molecular flexibility index (Phi) is 6.42. The molecule has 94 valence electrons. The second kappa shape index (κ2) is 7.92. The smallest absolute Gasteiger partial charge is 0.409 e. The fourth-order valence-corrected chi connectivity index (χ4v) is 1.35. The maximum absolute atomic E-state index is 10.5. The van der Waals surface area contributed by atoms with Crippen LogP contribution in [0, 0.1) is 0 Å². The van der Waals surface area contributed by atoms with Gasteiger partial charge in [-0.25, -0.2) is 4.79 Å². The summed E-state index contributed by atoms with van der Waals surface area (Å²) in [7, 11) is 0. The zero-order valence-corrected chi connectivity index (χ0v) is 10.8. The van der Waals surface area contributed by atoms with E-state index in [1.807, 2.05) is 0 Å². The SMILES string of the molecule is NC(=O)Oc1cccc(OCCOCCBr)c1. The molecule has 0 aliphatic heterocycles. The van der Waals surface area contributed by atoms with Crippen molar-refractivity contribution in [3.05, 3.63) is 24.3 Å². The zero-order valence-electron chi connectivity index (χ0n) is 9.23. The van der Waals surface area contributed by atoms with Crippen LogP contribution in [0.3, 0.4) is 0 Å². The fraction of sp³-hybridized carbons (Fsp3) is 0.364. The molecule has 1 aromatic rings.